The van der Waals surface area contributed by atoms with E-state index < -0.39 is 0 Å². The van der Waals surface area contributed by atoms with Crippen LogP contribution in [0.25, 0.3) is 31.2 Å². The van der Waals surface area contributed by atoms with Crippen LogP contribution in [0, 0.1) is 11.3 Å². The molecule has 0 spiro atoms. The van der Waals surface area contributed by atoms with Gasteiger partial charge in [-0.05, 0) is 59.5 Å². The number of phenolic OH excluding ortho intramolecular Hbond substituents is 2. The second-order valence-corrected chi connectivity index (χ2v) is 8.84. The van der Waals surface area contributed by atoms with Crippen LogP contribution in [0.2, 0.25) is 0 Å². The lowest BCUT2D eigenvalue weighted by atomic mass is 10.1. The predicted molar refractivity (Wildman–Crippen MR) is 114 cm³/mol. The van der Waals surface area contributed by atoms with E-state index >= 15 is 0 Å². The molecule has 0 amide bonds. The molecule has 0 saturated heterocycles. The Labute approximate surface area is 168 Å². The molecule has 0 bridgehead atoms. The third kappa shape index (κ3) is 3.67. The fraction of sp³-hybridized carbons (Fsp3) is 0. The van der Waals surface area contributed by atoms with Gasteiger partial charge in [0, 0.05) is 24.4 Å². The number of benzene rings is 1. The molecule has 0 radical (unpaired) electrons. The van der Waals surface area contributed by atoms with Crippen LogP contribution in [0.15, 0.2) is 60.0 Å². The minimum atomic E-state index is -0.201. The van der Waals surface area contributed by atoms with Gasteiger partial charge in [-0.3, -0.25) is 0 Å². The summed E-state index contributed by atoms with van der Waals surface area (Å²) in [6, 6.07) is 19.1. The van der Waals surface area contributed by atoms with Crippen molar-refractivity contribution in [2.75, 3.05) is 0 Å². The lowest BCUT2D eigenvalue weighted by Crippen LogP contribution is -1.78. The van der Waals surface area contributed by atoms with Crippen molar-refractivity contribution in [2.45, 2.75) is 0 Å². The summed E-state index contributed by atoms with van der Waals surface area (Å²) < 4.78 is 0. The molecule has 27 heavy (non-hydrogen) atoms. The monoisotopic (exact) mass is 407 g/mol. The Balaban J connectivity index is 1.64. The Morgan fingerprint density at radius 1 is 0.852 bits per heavy atom. The predicted octanol–water partition coefficient (Wildman–Crippen LogP) is 6.68. The SMILES string of the molecule is N#C/C(=C\c1ccc(O)c(O)c1)c1ccc(-c2ccc(-c3cccs3)s2)s1. The van der Waals surface area contributed by atoms with Crippen molar-refractivity contribution < 1.29 is 10.2 Å². The highest BCUT2D eigenvalue weighted by atomic mass is 32.1. The van der Waals surface area contributed by atoms with Crippen molar-refractivity contribution in [3.63, 3.8) is 0 Å². The summed E-state index contributed by atoms with van der Waals surface area (Å²) >= 11 is 5.03. The fourth-order valence-electron chi connectivity index (χ4n) is 2.59. The number of allylic oxidation sites excluding steroid dienone is 1. The van der Waals surface area contributed by atoms with Crippen LogP contribution < -0.4 is 0 Å². The van der Waals surface area contributed by atoms with Crippen molar-refractivity contribution >= 4 is 45.7 Å². The minimum Gasteiger partial charge on any atom is -0.504 e. The average molecular weight is 408 g/mol. The molecule has 6 heteroatoms. The van der Waals surface area contributed by atoms with Gasteiger partial charge in [-0.25, -0.2) is 0 Å². The van der Waals surface area contributed by atoms with Crippen molar-refractivity contribution in [3.05, 3.63) is 70.4 Å². The van der Waals surface area contributed by atoms with Crippen molar-refractivity contribution in [2.24, 2.45) is 0 Å². The van der Waals surface area contributed by atoms with Gasteiger partial charge in [0.15, 0.2) is 11.5 Å². The maximum atomic E-state index is 9.63. The molecule has 132 valence electrons. The number of nitrogens with zero attached hydrogens (tertiary/aromatic N) is 1. The number of phenols is 2. The summed E-state index contributed by atoms with van der Waals surface area (Å²) in [5.74, 6) is -0.379. The summed E-state index contributed by atoms with van der Waals surface area (Å²) in [5, 5.41) is 30.7. The largest absolute Gasteiger partial charge is 0.504 e. The maximum Gasteiger partial charge on any atom is 0.157 e. The molecule has 4 rings (SSSR count). The number of nitriles is 1. The highest BCUT2D eigenvalue weighted by molar-refractivity contribution is 7.26. The Kier molecular flexibility index (Phi) is 4.82. The van der Waals surface area contributed by atoms with Crippen molar-refractivity contribution in [1.29, 1.82) is 5.26 Å². The second-order valence-electron chi connectivity index (χ2n) is 5.72. The van der Waals surface area contributed by atoms with Gasteiger partial charge >= 0.3 is 0 Å². The van der Waals surface area contributed by atoms with Crippen LogP contribution in [0.1, 0.15) is 10.4 Å². The number of thiophene rings is 3. The summed E-state index contributed by atoms with van der Waals surface area (Å²) in [7, 11) is 0. The molecule has 3 nitrogen and oxygen atoms in total. The average Bonchev–Trinajstić information content (AvgIpc) is 3.41. The van der Waals surface area contributed by atoms with E-state index in [2.05, 4.69) is 29.6 Å². The standard InChI is InChI=1S/C21H13NO2S3/c22-12-14(10-13-3-4-15(23)16(24)11-13)17-5-6-20(26-17)21-8-7-19(27-21)18-2-1-9-25-18/h1-11,23-24H/b14-10+. The van der Waals surface area contributed by atoms with E-state index in [0.717, 1.165) is 9.75 Å². The number of rotatable bonds is 4. The molecule has 0 atom stereocenters. The zero-order chi connectivity index (χ0) is 18.8. The first kappa shape index (κ1) is 17.6. The van der Waals surface area contributed by atoms with Crippen LogP contribution in [0.5, 0.6) is 11.5 Å². The first-order valence-electron chi connectivity index (χ1n) is 8.02. The Morgan fingerprint density at radius 2 is 1.59 bits per heavy atom. The molecule has 3 aromatic heterocycles. The molecular formula is C21H13NO2S3. The highest BCUT2D eigenvalue weighted by Gasteiger charge is 2.11. The topological polar surface area (TPSA) is 64.2 Å². The Hall–Kier alpha value is -2.85. The van der Waals surface area contributed by atoms with Gasteiger partial charge in [0.25, 0.3) is 0 Å². The van der Waals surface area contributed by atoms with E-state index in [9.17, 15) is 15.5 Å². The molecule has 0 saturated carbocycles. The van der Waals surface area contributed by atoms with Crippen LogP contribution in [-0.2, 0) is 0 Å². The van der Waals surface area contributed by atoms with Crippen LogP contribution >= 0.6 is 34.0 Å². The van der Waals surface area contributed by atoms with Crippen LogP contribution in [0.3, 0.4) is 0 Å². The molecule has 0 unspecified atom stereocenters. The summed E-state index contributed by atoms with van der Waals surface area (Å²) in [5.41, 5.74) is 1.18. The van der Waals surface area contributed by atoms with Crippen LogP contribution in [-0.4, -0.2) is 10.2 Å². The van der Waals surface area contributed by atoms with E-state index in [1.165, 1.54) is 26.8 Å². The molecule has 0 aliphatic heterocycles. The number of hydrogen-bond donors (Lipinski definition) is 2. The highest BCUT2D eigenvalue weighted by Crippen LogP contribution is 2.40. The zero-order valence-electron chi connectivity index (χ0n) is 13.9. The third-order valence-electron chi connectivity index (χ3n) is 3.92. The Bertz CT molecular complexity index is 1160. The van der Waals surface area contributed by atoms with Gasteiger partial charge < -0.3 is 10.2 Å². The molecular weight excluding hydrogens is 394 g/mol. The second kappa shape index (κ2) is 7.41. The van der Waals surface area contributed by atoms with E-state index in [1.54, 1.807) is 46.2 Å². The van der Waals surface area contributed by atoms with E-state index in [-0.39, 0.29) is 11.5 Å². The summed E-state index contributed by atoms with van der Waals surface area (Å²) in [4.78, 5) is 5.66. The van der Waals surface area contributed by atoms with Crippen molar-refractivity contribution in [1.82, 2.24) is 0 Å². The Morgan fingerprint density at radius 3 is 2.30 bits per heavy atom. The third-order valence-corrected chi connectivity index (χ3v) is 7.38. The lowest BCUT2D eigenvalue weighted by Gasteiger charge is -2.00. The van der Waals surface area contributed by atoms with Crippen molar-refractivity contribution in [3.8, 4) is 37.1 Å². The first-order chi connectivity index (χ1) is 13.1. The maximum absolute atomic E-state index is 9.63. The molecule has 0 fully saturated rings. The molecule has 4 aromatic rings. The van der Waals surface area contributed by atoms with Gasteiger partial charge in [0.1, 0.15) is 6.07 Å². The molecule has 2 N–H and O–H groups in total. The lowest BCUT2D eigenvalue weighted by molar-refractivity contribution is 0.403. The van der Waals surface area contributed by atoms with Gasteiger partial charge in [-0.15, -0.1) is 34.0 Å². The van der Waals surface area contributed by atoms with Gasteiger partial charge in [-0.2, -0.15) is 5.26 Å². The zero-order valence-corrected chi connectivity index (χ0v) is 16.4. The fourth-order valence-corrected chi connectivity index (χ4v) is 5.49. The normalized spacial score (nSPS) is 11.4. The quantitative estimate of drug-likeness (QED) is 0.293. The van der Waals surface area contributed by atoms with E-state index in [1.807, 2.05) is 18.2 Å². The molecule has 0 aliphatic rings. The van der Waals surface area contributed by atoms with Gasteiger partial charge in [-0.1, -0.05) is 12.1 Å². The molecule has 0 aliphatic carbocycles. The molecule has 1 aromatic carbocycles. The molecule has 3 heterocycles. The number of aromatic hydroxyl groups is 2. The smallest absolute Gasteiger partial charge is 0.157 e. The van der Waals surface area contributed by atoms with Gasteiger partial charge in [0.05, 0.1) is 5.57 Å². The summed E-state index contributed by atoms with van der Waals surface area (Å²) in [6.07, 6.45) is 1.71. The minimum absolute atomic E-state index is 0.177. The van der Waals surface area contributed by atoms with Crippen LogP contribution in [0.4, 0.5) is 0 Å². The van der Waals surface area contributed by atoms with E-state index in [4.69, 9.17) is 0 Å². The summed E-state index contributed by atoms with van der Waals surface area (Å²) in [6.45, 7) is 0. The number of hydrogen-bond acceptors (Lipinski definition) is 6. The van der Waals surface area contributed by atoms with Gasteiger partial charge in [0.2, 0.25) is 0 Å². The van der Waals surface area contributed by atoms with E-state index in [0.29, 0.717) is 11.1 Å². The first-order valence-corrected chi connectivity index (χ1v) is 10.5.